The first-order valence-electron chi connectivity index (χ1n) is 4.48. The molecule has 0 saturated carbocycles. The fourth-order valence-corrected chi connectivity index (χ4v) is 2.33. The Morgan fingerprint density at radius 2 is 2.24 bits per heavy atom. The molecule has 92 valence electrons. The normalized spacial score (nSPS) is 27.6. The van der Waals surface area contributed by atoms with Gasteiger partial charge in [-0.3, -0.25) is 4.57 Å². The molecule has 0 saturated heterocycles. The van der Waals surface area contributed by atoms with E-state index in [1.54, 1.807) is 0 Å². The van der Waals surface area contributed by atoms with E-state index in [0.717, 1.165) is 4.90 Å². The average molecular weight is 279 g/mol. The number of hydrogen-bond acceptors (Lipinski definition) is 4. The Bertz CT molecular complexity index is 522. The van der Waals surface area contributed by atoms with E-state index in [2.05, 4.69) is 4.99 Å². The Labute approximate surface area is 101 Å². The zero-order chi connectivity index (χ0) is 12.8. The summed E-state index contributed by atoms with van der Waals surface area (Å²) < 4.78 is 11.1. The first kappa shape index (κ1) is 12.3. The van der Waals surface area contributed by atoms with Crippen molar-refractivity contribution in [3.8, 4) is 0 Å². The van der Waals surface area contributed by atoms with Crippen LogP contribution in [0.4, 0.5) is 0 Å². The second-order valence-electron chi connectivity index (χ2n) is 3.52. The lowest BCUT2D eigenvalue weighted by molar-refractivity contribution is -0.142. The number of rotatable bonds is 2. The van der Waals surface area contributed by atoms with Gasteiger partial charge >= 0.3 is 13.6 Å². The van der Waals surface area contributed by atoms with Gasteiger partial charge < -0.3 is 19.8 Å². The molecule has 1 atom stereocenters. The van der Waals surface area contributed by atoms with Crippen LogP contribution in [0, 0.1) is 0 Å². The number of halogens is 1. The second kappa shape index (κ2) is 3.68. The summed E-state index contributed by atoms with van der Waals surface area (Å²) in [6.45, 7) is -0.309. The molecule has 0 bridgehead atoms. The van der Waals surface area contributed by atoms with Crippen molar-refractivity contribution < 1.29 is 24.3 Å². The van der Waals surface area contributed by atoms with Crippen LogP contribution >= 0.6 is 19.2 Å². The summed E-state index contributed by atoms with van der Waals surface area (Å²) in [5.74, 6) is -1.20. The minimum Gasteiger partial charge on any atom is -0.478 e. The topological polar surface area (TPSA) is 110 Å². The zero-order valence-corrected chi connectivity index (χ0v) is 9.97. The van der Waals surface area contributed by atoms with Crippen LogP contribution in [0.25, 0.3) is 0 Å². The summed E-state index contributed by atoms with van der Waals surface area (Å²) in [5, 5.41) is 9.04. The molecule has 0 aromatic heterocycles. The van der Waals surface area contributed by atoms with Crippen LogP contribution in [0.2, 0.25) is 0 Å². The smallest absolute Gasteiger partial charge is 0.372 e. The van der Waals surface area contributed by atoms with Crippen molar-refractivity contribution in [1.29, 1.82) is 0 Å². The molecule has 0 aliphatic carbocycles. The number of allylic oxidation sites excluding steroid dienone is 2. The van der Waals surface area contributed by atoms with Crippen molar-refractivity contribution in [3.63, 3.8) is 0 Å². The predicted octanol–water partition coefficient (Wildman–Crippen LogP) is 0.309. The fourth-order valence-electron chi connectivity index (χ4n) is 1.56. The average Bonchev–Trinajstić information content (AvgIpc) is 2.62. The van der Waals surface area contributed by atoms with Crippen molar-refractivity contribution >= 4 is 30.6 Å². The molecule has 0 aromatic carbocycles. The van der Waals surface area contributed by atoms with Gasteiger partial charge in [0.25, 0.3) is 0 Å². The highest BCUT2D eigenvalue weighted by molar-refractivity contribution is 7.70. The predicted molar refractivity (Wildman–Crippen MR) is 59.6 cm³/mol. The van der Waals surface area contributed by atoms with Crippen molar-refractivity contribution in [2.75, 3.05) is 6.54 Å². The lowest BCUT2D eigenvalue weighted by Crippen LogP contribution is -2.48. The number of carboxylic acid groups (broad SMARTS) is 1. The maximum atomic E-state index is 11.1. The summed E-state index contributed by atoms with van der Waals surface area (Å²) in [6, 6.07) is 0. The van der Waals surface area contributed by atoms with Gasteiger partial charge in [-0.25, -0.2) is 9.79 Å². The van der Waals surface area contributed by atoms with Crippen LogP contribution in [0.3, 0.4) is 0 Å². The van der Waals surface area contributed by atoms with E-state index in [9.17, 15) is 9.36 Å². The monoisotopic (exact) mass is 278 g/mol. The maximum Gasteiger partial charge on any atom is 0.372 e. The van der Waals surface area contributed by atoms with Gasteiger partial charge in [0.1, 0.15) is 5.82 Å². The van der Waals surface area contributed by atoms with Crippen molar-refractivity contribution in [1.82, 2.24) is 4.90 Å². The molecule has 0 aromatic rings. The molecule has 0 radical (unpaired) electrons. The number of aliphatic carboxylic acids is 1. The van der Waals surface area contributed by atoms with E-state index in [-0.39, 0.29) is 12.4 Å². The second-order valence-corrected chi connectivity index (χ2v) is 5.70. The minimum absolute atomic E-state index is 0.128. The van der Waals surface area contributed by atoms with Gasteiger partial charge in [0.2, 0.25) is 5.00 Å². The largest absolute Gasteiger partial charge is 0.478 e. The summed E-state index contributed by atoms with van der Waals surface area (Å²) in [6.07, 6.45) is 4.05. The lowest BCUT2D eigenvalue weighted by Gasteiger charge is -2.33. The van der Waals surface area contributed by atoms with Crippen LogP contribution < -0.4 is 0 Å². The highest BCUT2D eigenvalue weighted by atomic mass is 35.5. The Balaban J connectivity index is 2.41. The molecule has 2 aliphatic rings. The molecule has 2 heterocycles. The van der Waals surface area contributed by atoms with E-state index in [4.69, 9.17) is 26.5 Å². The molecule has 3 N–H and O–H groups in total. The van der Waals surface area contributed by atoms with E-state index >= 15 is 0 Å². The maximum absolute atomic E-state index is 11.1. The number of nitrogens with zero attached hydrogens (tertiary/aromatic N) is 2. The Hall–Kier alpha value is -1.14. The Morgan fingerprint density at radius 3 is 2.76 bits per heavy atom. The molecular weight excluding hydrogens is 271 g/mol. The van der Waals surface area contributed by atoms with Gasteiger partial charge in [0.05, 0.1) is 6.54 Å². The number of fused-ring (bicyclic) bond motifs is 1. The van der Waals surface area contributed by atoms with Gasteiger partial charge in [-0.05, 0) is 12.2 Å². The van der Waals surface area contributed by atoms with Crippen LogP contribution in [-0.4, -0.2) is 42.8 Å². The summed E-state index contributed by atoms with van der Waals surface area (Å²) in [5.41, 5.74) is -0.390. The summed E-state index contributed by atoms with van der Waals surface area (Å²) >= 11 is 5.90. The number of aliphatic imine (C=N–C) groups is 1. The van der Waals surface area contributed by atoms with Gasteiger partial charge in [-0.15, -0.1) is 0 Å². The van der Waals surface area contributed by atoms with Crippen LogP contribution in [0.5, 0.6) is 0 Å². The lowest BCUT2D eigenvalue weighted by atomic mass is 10.1. The molecule has 9 heteroatoms. The Morgan fingerprint density at radius 1 is 1.59 bits per heavy atom. The molecule has 17 heavy (non-hydrogen) atoms. The van der Waals surface area contributed by atoms with E-state index in [1.807, 2.05) is 0 Å². The molecule has 0 spiro atoms. The van der Waals surface area contributed by atoms with Gasteiger partial charge in [-0.2, -0.15) is 0 Å². The SMILES string of the molecule is O=C(O)C1(Cl)C=CC=C2N=C(P(=O)(O)O)CN21. The number of carbonyl (C=O) groups is 1. The number of carboxylic acids is 1. The standard InChI is InChI=1S/C8H8ClN2O5P/c9-8(7(12)13)3-1-2-5-10-6(4-11(5)8)17(14,15)16/h1-3H,4H2,(H,12,13)(H2,14,15,16). The third kappa shape index (κ3) is 1.91. The molecule has 0 fully saturated rings. The number of alkyl halides is 1. The molecule has 1 unspecified atom stereocenters. The summed E-state index contributed by atoms with van der Waals surface area (Å²) in [7, 11) is -4.49. The van der Waals surface area contributed by atoms with Crippen LogP contribution in [0.1, 0.15) is 0 Å². The number of hydrogen-bond donors (Lipinski definition) is 3. The van der Waals surface area contributed by atoms with Crippen molar-refractivity contribution in [2.24, 2.45) is 4.99 Å². The highest BCUT2D eigenvalue weighted by Crippen LogP contribution is 2.44. The Kier molecular flexibility index (Phi) is 2.67. The van der Waals surface area contributed by atoms with Gasteiger partial charge in [0, 0.05) is 0 Å². The molecule has 2 rings (SSSR count). The van der Waals surface area contributed by atoms with E-state index in [1.165, 1.54) is 18.2 Å². The molecule has 7 nitrogen and oxygen atoms in total. The molecule has 2 aliphatic heterocycles. The van der Waals surface area contributed by atoms with Crippen LogP contribution in [-0.2, 0) is 9.36 Å². The first-order chi connectivity index (χ1) is 7.75. The molecule has 0 amide bonds. The fraction of sp³-hybridized carbons (Fsp3) is 0.250. The minimum atomic E-state index is -4.49. The summed E-state index contributed by atoms with van der Waals surface area (Å²) in [4.78, 5) is 32.0. The molecular formula is C8H8ClN2O5P. The first-order valence-corrected chi connectivity index (χ1v) is 6.47. The van der Waals surface area contributed by atoms with Crippen LogP contribution in [0.15, 0.2) is 29.0 Å². The third-order valence-electron chi connectivity index (χ3n) is 2.41. The quantitative estimate of drug-likeness (QED) is 0.381. The van der Waals surface area contributed by atoms with Crippen molar-refractivity contribution in [3.05, 3.63) is 24.0 Å². The van der Waals surface area contributed by atoms with Crippen molar-refractivity contribution in [2.45, 2.75) is 5.00 Å². The van der Waals surface area contributed by atoms with Gasteiger partial charge in [-0.1, -0.05) is 17.7 Å². The third-order valence-corrected chi connectivity index (χ3v) is 3.82. The highest BCUT2D eigenvalue weighted by Gasteiger charge is 2.47. The van der Waals surface area contributed by atoms with E-state index < -0.39 is 24.0 Å². The van der Waals surface area contributed by atoms with Gasteiger partial charge in [0.15, 0.2) is 5.45 Å². The van der Waals surface area contributed by atoms with E-state index in [0.29, 0.717) is 0 Å². The zero-order valence-electron chi connectivity index (χ0n) is 8.32.